The minimum atomic E-state index is 0.112. The van der Waals surface area contributed by atoms with Gasteiger partial charge in [0.2, 0.25) is 0 Å². The summed E-state index contributed by atoms with van der Waals surface area (Å²) in [6, 6.07) is 17.6. The van der Waals surface area contributed by atoms with Crippen molar-refractivity contribution in [2.75, 3.05) is 26.2 Å². The Balaban J connectivity index is 1.27. The van der Waals surface area contributed by atoms with Gasteiger partial charge in [-0.05, 0) is 66.8 Å². The van der Waals surface area contributed by atoms with E-state index in [4.69, 9.17) is 11.6 Å². The third-order valence-electron chi connectivity index (χ3n) is 7.22. The lowest BCUT2D eigenvalue weighted by molar-refractivity contribution is 0.00579. The van der Waals surface area contributed by atoms with E-state index < -0.39 is 0 Å². The van der Waals surface area contributed by atoms with Crippen molar-refractivity contribution in [3.8, 4) is 0 Å². The standard InChI is InChI=1S/C25H30ClN3O/c26-21-8-9-22-19(15-21)11-14-28-17-20-7-4-13-29(23(20)16-24(22)28)25(30)27-12-10-18-5-2-1-3-6-18/h1-3,5-6,8-9,15,20,23-24H,4,7,10-14,16-17H2,(H,27,30)/t20-,23+,24+/m0/s1. The van der Waals surface area contributed by atoms with Gasteiger partial charge in [-0.1, -0.05) is 48.0 Å². The van der Waals surface area contributed by atoms with Gasteiger partial charge in [0.15, 0.2) is 0 Å². The molecular formula is C25H30ClN3O. The number of amides is 2. The Morgan fingerprint density at radius 3 is 2.87 bits per heavy atom. The second-order valence-corrected chi connectivity index (χ2v) is 9.41. The maximum absolute atomic E-state index is 13.1. The second kappa shape index (κ2) is 8.60. The third kappa shape index (κ3) is 3.95. The van der Waals surface area contributed by atoms with E-state index in [0.717, 1.165) is 50.3 Å². The smallest absolute Gasteiger partial charge is 0.317 e. The summed E-state index contributed by atoms with van der Waals surface area (Å²) in [6.07, 6.45) is 5.32. The largest absolute Gasteiger partial charge is 0.338 e. The average Bonchev–Trinajstić information content (AvgIpc) is 2.77. The highest BCUT2D eigenvalue weighted by Crippen LogP contribution is 2.43. The van der Waals surface area contributed by atoms with Crippen LogP contribution in [-0.2, 0) is 12.8 Å². The molecule has 0 spiro atoms. The van der Waals surface area contributed by atoms with E-state index in [9.17, 15) is 4.79 Å². The fourth-order valence-corrected chi connectivity index (χ4v) is 5.93. The quantitative estimate of drug-likeness (QED) is 0.778. The van der Waals surface area contributed by atoms with Crippen molar-refractivity contribution in [3.63, 3.8) is 0 Å². The molecule has 3 atom stereocenters. The maximum Gasteiger partial charge on any atom is 0.317 e. The fraction of sp³-hybridized carbons (Fsp3) is 0.480. The van der Waals surface area contributed by atoms with Crippen molar-refractivity contribution in [1.82, 2.24) is 15.1 Å². The Hall–Kier alpha value is -2.04. The van der Waals surface area contributed by atoms with Crippen molar-refractivity contribution in [2.45, 2.75) is 44.2 Å². The number of urea groups is 1. The van der Waals surface area contributed by atoms with Crippen LogP contribution in [0.25, 0.3) is 0 Å². The molecule has 0 saturated carbocycles. The molecule has 0 radical (unpaired) electrons. The number of rotatable bonds is 3. The van der Waals surface area contributed by atoms with E-state index in [1.807, 2.05) is 12.1 Å². The van der Waals surface area contributed by atoms with Gasteiger partial charge in [0.05, 0.1) is 0 Å². The predicted molar refractivity (Wildman–Crippen MR) is 121 cm³/mol. The highest BCUT2D eigenvalue weighted by Gasteiger charge is 2.43. The minimum Gasteiger partial charge on any atom is -0.338 e. The molecule has 158 valence electrons. The van der Waals surface area contributed by atoms with Crippen LogP contribution in [0.3, 0.4) is 0 Å². The van der Waals surface area contributed by atoms with E-state index in [1.54, 1.807) is 0 Å². The lowest BCUT2D eigenvalue weighted by atomic mass is 9.77. The molecule has 2 amide bonds. The molecule has 2 saturated heterocycles. The number of likely N-dealkylation sites (tertiary alicyclic amines) is 1. The van der Waals surface area contributed by atoms with E-state index in [1.165, 1.54) is 23.1 Å². The van der Waals surface area contributed by atoms with Crippen LogP contribution in [0, 0.1) is 5.92 Å². The SMILES string of the molecule is O=C(NCCc1ccccc1)N1CCC[C@H]2CN3CCc4cc(Cl)ccc4[C@H]3C[C@H]21. The molecule has 3 aliphatic heterocycles. The number of halogens is 1. The first-order chi connectivity index (χ1) is 14.7. The van der Waals surface area contributed by atoms with Crippen molar-refractivity contribution in [3.05, 3.63) is 70.2 Å². The second-order valence-electron chi connectivity index (χ2n) is 8.97. The van der Waals surface area contributed by atoms with E-state index in [2.05, 4.69) is 51.5 Å². The van der Waals surface area contributed by atoms with E-state index in [0.29, 0.717) is 24.5 Å². The predicted octanol–water partition coefficient (Wildman–Crippen LogP) is 4.68. The number of carbonyl (C=O) groups is 1. The number of piperidine rings is 2. The zero-order valence-corrected chi connectivity index (χ0v) is 18.2. The summed E-state index contributed by atoms with van der Waals surface area (Å²) < 4.78 is 0. The summed E-state index contributed by atoms with van der Waals surface area (Å²) in [5.74, 6) is 0.587. The average molecular weight is 424 g/mol. The monoisotopic (exact) mass is 423 g/mol. The van der Waals surface area contributed by atoms with Crippen LogP contribution in [0.2, 0.25) is 5.02 Å². The van der Waals surface area contributed by atoms with E-state index in [-0.39, 0.29) is 6.03 Å². The summed E-state index contributed by atoms with van der Waals surface area (Å²) in [5.41, 5.74) is 4.07. The molecule has 0 aliphatic carbocycles. The first-order valence-electron chi connectivity index (χ1n) is 11.3. The number of benzene rings is 2. The van der Waals surface area contributed by atoms with Crippen LogP contribution in [0.1, 0.15) is 42.0 Å². The minimum absolute atomic E-state index is 0.112. The molecule has 3 heterocycles. The molecular weight excluding hydrogens is 394 g/mol. The van der Waals surface area contributed by atoms with Gasteiger partial charge >= 0.3 is 6.03 Å². The Morgan fingerprint density at radius 2 is 2.00 bits per heavy atom. The summed E-state index contributed by atoms with van der Waals surface area (Å²) in [7, 11) is 0. The van der Waals surface area contributed by atoms with Crippen LogP contribution in [0.15, 0.2) is 48.5 Å². The molecule has 0 unspecified atom stereocenters. The molecule has 2 fully saturated rings. The number of carbonyl (C=O) groups excluding carboxylic acids is 1. The van der Waals surface area contributed by atoms with Gasteiger partial charge in [-0.3, -0.25) is 4.90 Å². The lowest BCUT2D eigenvalue weighted by Gasteiger charge is -2.52. The molecule has 1 N–H and O–H groups in total. The van der Waals surface area contributed by atoms with Crippen molar-refractivity contribution in [2.24, 2.45) is 5.92 Å². The first kappa shape index (κ1) is 19.9. The van der Waals surface area contributed by atoms with Gasteiger partial charge in [-0.25, -0.2) is 4.79 Å². The van der Waals surface area contributed by atoms with Gasteiger partial charge in [0.1, 0.15) is 0 Å². The molecule has 2 aromatic carbocycles. The van der Waals surface area contributed by atoms with Gasteiger partial charge in [0.25, 0.3) is 0 Å². The van der Waals surface area contributed by atoms with Crippen LogP contribution in [0.4, 0.5) is 4.79 Å². The first-order valence-corrected chi connectivity index (χ1v) is 11.7. The normalized spacial score (nSPS) is 25.8. The zero-order chi connectivity index (χ0) is 20.5. The zero-order valence-electron chi connectivity index (χ0n) is 17.4. The Bertz CT molecular complexity index is 903. The van der Waals surface area contributed by atoms with Crippen LogP contribution < -0.4 is 5.32 Å². The molecule has 5 rings (SSSR count). The van der Waals surface area contributed by atoms with Crippen LogP contribution in [-0.4, -0.2) is 48.1 Å². The maximum atomic E-state index is 13.1. The molecule has 2 aromatic rings. The van der Waals surface area contributed by atoms with Crippen molar-refractivity contribution < 1.29 is 4.79 Å². The van der Waals surface area contributed by atoms with E-state index >= 15 is 0 Å². The molecule has 30 heavy (non-hydrogen) atoms. The number of nitrogens with zero attached hydrogens (tertiary/aromatic N) is 2. The molecule has 3 aliphatic rings. The van der Waals surface area contributed by atoms with Crippen LogP contribution >= 0.6 is 11.6 Å². The fourth-order valence-electron chi connectivity index (χ4n) is 5.74. The summed E-state index contributed by atoms with van der Waals surface area (Å²) in [4.78, 5) is 17.9. The highest BCUT2D eigenvalue weighted by molar-refractivity contribution is 6.30. The molecule has 0 aromatic heterocycles. The molecule has 0 bridgehead atoms. The molecule has 5 heteroatoms. The number of fused-ring (bicyclic) bond motifs is 4. The summed E-state index contributed by atoms with van der Waals surface area (Å²) in [5, 5.41) is 4.02. The Kier molecular flexibility index (Phi) is 5.70. The van der Waals surface area contributed by atoms with Gasteiger partial charge in [-0.15, -0.1) is 0 Å². The van der Waals surface area contributed by atoms with Gasteiger partial charge < -0.3 is 10.2 Å². The Morgan fingerprint density at radius 1 is 1.13 bits per heavy atom. The highest BCUT2D eigenvalue weighted by atomic mass is 35.5. The topological polar surface area (TPSA) is 35.6 Å². The Labute approximate surface area is 184 Å². The number of hydrogen-bond donors (Lipinski definition) is 1. The van der Waals surface area contributed by atoms with Gasteiger partial charge in [-0.2, -0.15) is 0 Å². The van der Waals surface area contributed by atoms with Crippen molar-refractivity contribution in [1.29, 1.82) is 0 Å². The number of nitrogens with one attached hydrogen (secondary N) is 1. The number of hydrogen-bond acceptors (Lipinski definition) is 2. The summed E-state index contributed by atoms with van der Waals surface area (Å²) >= 11 is 6.25. The van der Waals surface area contributed by atoms with Crippen molar-refractivity contribution >= 4 is 17.6 Å². The third-order valence-corrected chi connectivity index (χ3v) is 7.45. The lowest BCUT2D eigenvalue weighted by Crippen LogP contribution is -2.59. The molecule has 4 nitrogen and oxygen atoms in total. The summed E-state index contributed by atoms with van der Waals surface area (Å²) in [6.45, 7) is 3.77. The van der Waals surface area contributed by atoms with Crippen LogP contribution in [0.5, 0.6) is 0 Å². The van der Waals surface area contributed by atoms with Gasteiger partial charge in [0, 0.05) is 43.3 Å².